The van der Waals surface area contributed by atoms with Crippen LogP contribution in [0.5, 0.6) is 0 Å². The van der Waals surface area contributed by atoms with Crippen LogP contribution in [0.3, 0.4) is 0 Å². The smallest absolute Gasteiger partial charge is 0.408 e. The lowest BCUT2D eigenvalue weighted by Gasteiger charge is -2.32. The van der Waals surface area contributed by atoms with E-state index in [1.54, 1.807) is 0 Å². The fourth-order valence-electron chi connectivity index (χ4n) is 2.58. The molecule has 0 radical (unpaired) electrons. The van der Waals surface area contributed by atoms with Gasteiger partial charge >= 0.3 is 14.2 Å². The molecule has 1 saturated heterocycles. The molecule has 0 saturated carbocycles. The summed E-state index contributed by atoms with van der Waals surface area (Å²) in [4.78, 5) is 0. The third-order valence-electron chi connectivity index (χ3n) is 5.23. The molecule has 1 fully saturated rings. The van der Waals surface area contributed by atoms with Gasteiger partial charge in [0, 0.05) is 13.2 Å². The van der Waals surface area contributed by atoms with Gasteiger partial charge in [-0.1, -0.05) is 57.7 Å². The molecule has 4 nitrogen and oxygen atoms in total. The van der Waals surface area contributed by atoms with Crippen LogP contribution in [0, 0.1) is 5.92 Å². The number of allylic oxidation sites excluding steroid dienone is 2. The quantitative estimate of drug-likeness (QED) is 0.317. The van der Waals surface area contributed by atoms with Crippen LogP contribution >= 0.6 is 0 Å². The molecule has 1 aliphatic rings. The van der Waals surface area contributed by atoms with Crippen molar-refractivity contribution in [2.75, 3.05) is 13.2 Å². The van der Waals surface area contributed by atoms with Crippen LogP contribution in [-0.2, 0) is 18.6 Å². The molecule has 6 heteroatoms. The average Bonchev–Trinajstić information content (AvgIpc) is 2.79. The van der Waals surface area contributed by atoms with E-state index in [0.717, 1.165) is 45.3 Å². The highest BCUT2D eigenvalue weighted by atomic mass is 16.7. The van der Waals surface area contributed by atoms with E-state index in [9.17, 15) is 0 Å². The Bertz CT molecular complexity index is 437. The molecule has 0 spiro atoms. The van der Waals surface area contributed by atoms with E-state index >= 15 is 0 Å². The summed E-state index contributed by atoms with van der Waals surface area (Å²) in [5.74, 6) is 4.47. The van der Waals surface area contributed by atoms with Gasteiger partial charge in [-0.2, -0.15) is 0 Å². The highest BCUT2D eigenvalue weighted by Crippen LogP contribution is 2.36. The first-order valence-electron chi connectivity index (χ1n) is 10.7. The van der Waals surface area contributed by atoms with E-state index < -0.39 is 0 Å². The minimum Gasteiger partial charge on any atom is -0.408 e. The van der Waals surface area contributed by atoms with E-state index in [1.165, 1.54) is 0 Å². The van der Waals surface area contributed by atoms with E-state index in [2.05, 4.69) is 66.6 Å². The molecule has 1 heterocycles. The van der Waals surface area contributed by atoms with Crippen molar-refractivity contribution in [3.05, 3.63) is 24.1 Å². The molecule has 1 aliphatic heterocycles. The largest absolute Gasteiger partial charge is 0.486 e. The summed E-state index contributed by atoms with van der Waals surface area (Å²) in [5.41, 5.74) is -0.571. The minimum atomic E-state index is -0.285. The standard InChI is InChI=1S/C21H40B2O4/c1-8-10-17-24-22(25-18-11-9-2)16-14-19(3)13-12-15-23-26-20(4,5)21(6,7)27-23/h12,14-16,19H,8-11,13,17-18H2,1-7H3/b15-12+,16-14+. The Labute approximate surface area is 168 Å². The molecular formula is C21H40B2O4. The minimum absolute atomic E-state index is 0.238. The molecule has 0 aliphatic carbocycles. The lowest BCUT2D eigenvalue weighted by Crippen LogP contribution is -2.41. The Morgan fingerprint density at radius 2 is 1.48 bits per heavy atom. The first-order chi connectivity index (χ1) is 12.7. The van der Waals surface area contributed by atoms with Crippen molar-refractivity contribution < 1.29 is 18.6 Å². The molecule has 0 aromatic rings. The number of unbranched alkanes of at least 4 members (excludes halogenated alkanes) is 2. The lowest BCUT2D eigenvalue weighted by atomic mass is 9.86. The Morgan fingerprint density at radius 3 is 1.96 bits per heavy atom. The third-order valence-corrected chi connectivity index (χ3v) is 5.23. The highest BCUT2D eigenvalue weighted by Gasteiger charge is 2.49. The maximum Gasteiger partial charge on any atom is 0.486 e. The second-order valence-electron chi connectivity index (χ2n) is 8.47. The van der Waals surface area contributed by atoms with Crippen LogP contribution in [0.4, 0.5) is 0 Å². The summed E-state index contributed by atoms with van der Waals surface area (Å²) in [6.07, 6.45) is 9.63. The van der Waals surface area contributed by atoms with Crippen molar-refractivity contribution in [3.8, 4) is 0 Å². The van der Waals surface area contributed by atoms with Crippen molar-refractivity contribution in [2.45, 2.75) is 91.8 Å². The molecule has 1 rings (SSSR count). The molecule has 0 amide bonds. The normalized spacial score (nSPS) is 20.0. The maximum absolute atomic E-state index is 5.99. The monoisotopic (exact) mass is 378 g/mol. The van der Waals surface area contributed by atoms with Gasteiger partial charge in [-0.25, -0.2) is 0 Å². The zero-order valence-electron chi connectivity index (χ0n) is 18.6. The Balaban J connectivity index is 2.43. The van der Waals surface area contributed by atoms with E-state index in [0.29, 0.717) is 5.92 Å². The van der Waals surface area contributed by atoms with Gasteiger partial charge in [0.05, 0.1) is 11.2 Å². The zero-order chi connectivity index (χ0) is 20.3. The molecule has 1 unspecified atom stereocenters. The summed E-state index contributed by atoms with van der Waals surface area (Å²) in [6.45, 7) is 16.3. The molecular weight excluding hydrogens is 338 g/mol. The Hall–Kier alpha value is -0.550. The topological polar surface area (TPSA) is 36.9 Å². The number of hydrogen-bond donors (Lipinski definition) is 0. The summed E-state index contributed by atoms with van der Waals surface area (Å²) in [7, 11) is -0.508. The molecule has 27 heavy (non-hydrogen) atoms. The third kappa shape index (κ3) is 8.99. The highest BCUT2D eigenvalue weighted by molar-refractivity contribution is 6.51. The summed E-state index contributed by atoms with van der Waals surface area (Å²) in [5, 5.41) is 0. The van der Waals surface area contributed by atoms with Crippen molar-refractivity contribution in [1.82, 2.24) is 0 Å². The molecule has 0 N–H and O–H groups in total. The zero-order valence-corrected chi connectivity index (χ0v) is 18.6. The second kappa shape index (κ2) is 12.1. The van der Waals surface area contributed by atoms with Gasteiger partial charge < -0.3 is 18.6 Å². The molecule has 0 aromatic heterocycles. The maximum atomic E-state index is 5.99. The summed E-state index contributed by atoms with van der Waals surface area (Å²) < 4.78 is 23.7. The Kier molecular flexibility index (Phi) is 11.0. The number of hydrogen-bond acceptors (Lipinski definition) is 4. The SMILES string of the molecule is CCCCOB(/C=C/C(C)C/C=C/B1OC(C)(C)C(C)(C)O1)OCCCC. The van der Waals surface area contributed by atoms with Gasteiger partial charge in [-0.15, -0.1) is 0 Å². The van der Waals surface area contributed by atoms with Crippen LogP contribution in [0.15, 0.2) is 24.1 Å². The lowest BCUT2D eigenvalue weighted by molar-refractivity contribution is 0.00578. The van der Waals surface area contributed by atoms with Crippen molar-refractivity contribution in [3.63, 3.8) is 0 Å². The molecule has 1 atom stereocenters. The van der Waals surface area contributed by atoms with E-state index in [1.807, 2.05) is 5.98 Å². The van der Waals surface area contributed by atoms with Gasteiger partial charge in [0.25, 0.3) is 0 Å². The van der Waals surface area contributed by atoms with Gasteiger partial charge in [0.2, 0.25) is 0 Å². The first kappa shape index (κ1) is 24.5. The van der Waals surface area contributed by atoms with Crippen LogP contribution in [0.25, 0.3) is 0 Å². The predicted molar refractivity (Wildman–Crippen MR) is 116 cm³/mol. The first-order valence-corrected chi connectivity index (χ1v) is 10.7. The summed E-state index contributed by atoms with van der Waals surface area (Å²) in [6, 6.07) is 0. The van der Waals surface area contributed by atoms with Crippen molar-refractivity contribution >= 4 is 14.2 Å². The van der Waals surface area contributed by atoms with Crippen LogP contribution < -0.4 is 0 Å². The Morgan fingerprint density at radius 1 is 0.963 bits per heavy atom. The van der Waals surface area contributed by atoms with Crippen LogP contribution in [-0.4, -0.2) is 38.7 Å². The second-order valence-corrected chi connectivity index (χ2v) is 8.47. The predicted octanol–water partition coefficient (Wildman–Crippen LogP) is 5.42. The number of rotatable bonds is 13. The fraction of sp³-hybridized carbons (Fsp3) is 0.810. The van der Waals surface area contributed by atoms with Crippen LogP contribution in [0.2, 0.25) is 0 Å². The van der Waals surface area contributed by atoms with Crippen molar-refractivity contribution in [1.29, 1.82) is 0 Å². The molecule has 0 aromatic carbocycles. The molecule has 154 valence electrons. The van der Waals surface area contributed by atoms with Gasteiger partial charge in [-0.3, -0.25) is 0 Å². The van der Waals surface area contributed by atoms with Gasteiger partial charge in [-0.05, 0) is 52.9 Å². The van der Waals surface area contributed by atoms with Gasteiger partial charge in [0.15, 0.2) is 0 Å². The van der Waals surface area contributed by atoms with E-state index in [-0.39, 0.29) is 25.4 Å². The average molecular weight is 378 g/mol. The van der Waals surface area contributed by atoms with Crippen molar-refractivity contribution in [2.24, 2.45) is 5.92 Å². The van der Waals surface area contributed by atoms with Crippen LogP contribution in [0.1, 0.15) is 80.6 Å². The van der Waals surface area contributed by atoms with E-state index in [4.69, 9.17) is 18.6 Å². The summed E-state index contributed by atoms with van der Waals surface area (Å²) >= 11 is 0. The van der Waals surface area contributed by atoms with Gasteiger partial charge in [0.1, 0.15) is 0 Å². The molecule has 0 bridgehead atoms. The fourth-order valence-corrected chi connectivity index (χ4v) is 2.58.